The number of hydrogen-bond donors (Lipinski definition) is 1. The number of ether oxygens (including phenoxy) is 1. The minimum atomic E-state index is -0.802. The Hall–Kier alpha value is -0.880. The maximum Gasteiger partial charge on any atom is 0.312 e. The molecule has 6 heteroatoms. The Labute approximate surface area is 132 Å². The monoisotopic (exact) mass is 356 g/mol. The molecule has 1 saturated carbocycles. The maximum absolute atomic E-state index is 12.1. The van der Waals surface area contributed by atoms with Gasteiger partial charge in [-0.2, -0.15) is 5.10 Å². The van der Waals surface area contributed by atoms with E-state index in [2.05, 4.69) is 21.0 Å². The molecule has 1 aliphatic carbocycles. The molecule has 0 aromatic carbocycles. The Morgan fingerprint density at radius 2 is 2.29 bits per heavy atom. The fourth-order valence-corrected chi connectivity index (χ4v) is 3.91. The first-order chi connectivity index (χ1) is 9.99. The van der Waals surface area contributed by atoms with Crippen LogP contribution in [0.1, 0.15) is 37.6 Å². The zero-order valence-corrected chi connectivity index (χ0v) is 14.0. The summed E-state index contributed by atoms with van der Waals surface area (Å²) in [5.74, 6) is -0.313. The van der Waals surface area contributed by atoms with Crippen molar-refractivity contribution >= 4 is 21.9 Å². The van der Waals surface area contributed by atoms with Crippen LogP contribution in [0, 0.1) is 18.3 Å². The van der Waals surface area contributed by atoms with Crippen molar-refractivity contribution in [2.24, 2.45) is 11.3 Å². The number of aryl methyl sites for hydroxylation is 2. The van der Waals surface area contributed by atoms with Gasteiger partial charge in [0, 0.05) is 19.6 Å². The third kappa shape index (κ3) is 2.42. The van der Waals surface area contributed by atoms with E-state index in [1.807, 2.05) is 18.5 Å². The van der Waals surface area contributed by atoms with E-state index in [1.165, 1.54) is 0 Å². The van der Waals surface area contributed by atoms with Crippen molar-refractivity contribution in [1.29, 1.82) is 0 Å². The van der Waals surface area contributed by atoms with E-state index < -0.39 is 11.4 Å². The zero-order chi connectivity index (χ0) is 15.2. The number of carbonyl (C=O) groups is 1. The lowest BCUT2D eigenvalue weighted by Gasteiger charge is -2.30. The number of halogens is 1. The predicted octanol–water partition coefficient (Wildman–Crippen LogP) is 2.79. The van der Waals surface area contributed by atoms with E-state index in [1.54, 1.807) is 0 Å². The quantitative estimate of drug-likeness (QED) is 0.880. The summed E-state index contributed by atoms with van der Waals surface area (Å²) >= 11 is 3.58. The normalized spacial score (nSPS) is 29.0. The average molecular weight is 357 g/mol. The van der Waals surface area contributed by atoms with E-state index in [0.29, 0.717) is 25.4 Å². The topological polar surface area (TPSA) is 64.4 Å². The van der Waals surface area contributed by atoms with Gasteiger partial charge in [-0.05, 0) is 55.0 Å². The molecule has 1 aliphatic heterocycles. The van der Waals surface area contributed by atoms with Crippen molar-refractivity contribution in [3.05, 3.63) is 15.9 Å². The molecule has 0 amide bonds. The minimum Gasteiger partial charge on any atom is -0.481 e. The third-order valence-electron chi connectivity index (χ3n) is 4.80. The molecule has 1 saturated heterocycles. The molecular weight excluding hydrogens is 336 g/mol. The van der Waals surface area contributed by atoms with E-state index in [4.69, 9.17) is 4.74 Å². The maximum atomic E-state index is 12.1. The zero-order valence-electron chi connectivity index (χ0n) is 12.4. The standard InChI is InChI=1S/C15H21BrN2O3/c1-3-18-11(12(16)9(2)17-18)8-15(14(19)20)6-7-21-13(15)10-4-5-10/h10,13H,3-8H2,1-2H3,(H,19,20). The number of hydrogen-bond acceptors (Lipinski definition) is 3. The Balaban J connectivity index is 1.98. The highest BCUT2D eigenvalue weighted by Crippen LogP contribution is 2.50. The van der Waals surface area contributed by atoms with E-state index in [-0.39, 0.29) is 6.10 Å². The van der Waals surface area contributed by atoms with Crippen LogP contribution in [0.25, 0.3) is 0 Å². The summed E-state index contributed by atoms with van der Waals surface area (Å²) in [6, 6.07) is 0. The Morgan fingerprint density at radius 1 is 1.57 bits per heavy atom. The number of carboxylic acids is 1. The highest BCUT2D eigenvalue weighted by atomic mass is 79.9. The molecule has 2 atom stereocenters. The van der Waals surface area contributed by atoms with Crippen LogP contribution in [-0.4, -0.2) is 33.6 Å². The predicted molar refractivity (Wildman–Crippen MR) is 81.2 cm³/mol. The van der Waals surface area contributed by atoms with Crippen LogP contribution in [0.4, 0.5) is 0 Å². The number of aliphatic carboxylic acids is 1. The van der Waals surface area contributed by atoms with E-state index in [9.17, 15) is 9.90 Å². The molecule has 2 heterocycles. The van der Waals surface area contributed by atoms with Crippen LogP contribution in [0.5, 0.6) is 0 Å². The second kappa shape index (κ2) is 5.39. The van der Waals surface area contributed by atoms with Crippen molar-refractivity contribution in [3.63, 3.8) is 0 Å². The van der Waals surface area contributed by atoms with Gasteiger partial charge in [-0.1, -0.05) is 0 Å². The van der Waals surface area contributed by atoms with Gasteiger partial charge in [0.2, 0.25) is 0 Å². The molecule has 116 valence electrons. The smallest absolute Gasteiger partial charge is 0.312 e. The first kappa shape index (κ1) is 15.0. The molecule has 3 rings (SSSR count). The average Bonchev–Trinajstić information content (AvgIpc) is 3.15. The highest BCUT2D eigenvalue weighted by molar-refractivity contribution is 9.10. The van der Waals surface area contributed by atoms with Crippen molar-refractivity contribution in [2.75, 3.05) is 6.61 Å². The minimum absolute atomic E-state index is 0.151. The lowest BCUT2D eigenvalue weighted by Crippen LogP contribution is -2.42. The second-order valence-electron chi connectivity index (χ2n) is 6.18. The summed E-state index contributed by atoms with van der Waals surface area (Å²) in [5, 5.41) is 14.4. The number of nitrogens with zero attached hydrogens (tertiary/aromatic N) is 2. The van der Waals surface area contributed by atoms with E-state index >= 15 is 0 Å². The fraction of sp³-hybridized carbons (Fsp3) is 0.733. The molecular formula is C15H21BrN2O3. The van der Waals surface area contributed by atoms with Gasteiger partial charge in [0.25, 0.3) is 0 Å². The molecule has 2 aliphatic rings. The second-order valence-corrected chi connectivity index (χ2v) is 6.97. The summed E-state index contributed by atoms with van der Waals surface area (Å²) in [4.78, 5) is 12.1. The largest absolute Gasteiger partial charge is 0.481 e. The van der Waals surface area contributed by atoms with E-state index in [0.717, 1.165) is 35.2 Å². The van der Waals surface area contributed by atoms with Gasteiger partial charge in [0.1, 0.15) is 5.41 Å². The Bertz CT molecular complexity index is 568. The Morgan fingerprint density at radius 3 is 2.86 bits per heavy atom. The molecule has 0 radical (unpaired) electrons. The number of aromatic nitrogens is 2. The van der Waals surface area contributed by atoms with Gasteiger partial charge < -0.3 is 9.84 Å². The van der Waals surface area contributed by atoms with Crippen LogP contribution < -0.4 is 0 Å². The van der Waals surface area contributed by atoms with Crippen molar-refractivity contribution in [3.8, 4) is 0 Å². The third-order valence-corrected chi connectivity index (χ3v) is 5.83. The lowest BCUT2D eigenvalue weighted by molar-refractivity contribution is -0.153. The first-order valence-electron chi connectivity index (χ1n) is 7.56. The molecule has 1 aromatic heterocycles. The summed E-state index contributed by atoms with van der Waals surface area (Å²) < 4.78 is 8.67. The molecule has 2 unspecified atom stereocenters. The summed E-state index contributed by atoms with van der Waals surface area (Å²) in [6.45, 7) is 5.26. The van der Waals surface area contributed by atoms with Gasteiger partial charge >= 0.3 is 5.97 Å². The summed E-state index contributed by atoms with van der Waals surface area (Å²) in [7, 11) is 0. The molecule has 1 aromatic rings. The van der Waals surface area contributed by atoms with Gasteiger partial charge in [0.05, 0.1) is 22.0 Å². The van der Waals surface area contributed by atoms with Crippen molar-refractivity contribution in [2.45, 2.75) is 52.2 Å². The van der Waals surface area contributed by atoms with Gasteiger partial charge in [-0.25, -0.2) is 0 Å². The van der Waals surface area contributed by atoms with Crippen molar-refractivity contribution < 1.29 is 14.6 Å². The summed E-state index contributed by atoms with van der Waals surface area (Å²) in [6.07, 6.45) is 3.10. The van der Waals surface area contributed by atoms with Gasteiger partial charge in [0.15, 0.2) is 0 Å². The highest BCUT2D eigenvalue weighted by Gasteiger charge is 2.56. The first-order valence-corrected chi connectivity index (χ1v) is 8.35. The number of carboxylic acid groups (broad SMARTS) is 1. The van der Waals surface area contributed by atoms with Crippen LogP contribution >= 0.6 is 15.9 Å². The molecule has 0 spiro atoms. The molecule has 2 fully saturated rings. The van der Waals surface area contributed by atoms with Gasteiger partial charge in [-0.15, -0.1) is 0 Å². The van der Waals surface area contributed by atoms with Crippen LogP contribution in [0.15, 0.2) is 4.47 Å². The number of rotatable bonds is 5. The van der Waals surface area contributed by atoms with Crippen LogP contribution in [0.3, 0.4) is 0 Å². The summed E-state index contributed by atoms with van der Waals surface area (Å²) in [5.41, 5.74) is 1.09. The molecule has 5 nitrogen and oxygen atoms in total. The molecule has 1 N–H and O–H groups in total. The SMILES string of the molecule is CCn1nc(C)c(Br)c1CC1(C(=O)O)CCOC1C1CC1. The van der Waals surface area contributed by atoms with Gasteiger partial charge in [-0.3, -0.25) is 9.48 Å². The lowest BCUT2D eigenvalue weighted by atomic mass is 9.75. The van der Waals surface area contributed by atoms with Crippen LogP contribution in [-0.2, 0) is 22.5 Å². The molecule has 21 heavy (non-hydrogen) atoms. The fourth-order valence-electron chi connectivity index (χ4n) is 3.49. The van der Waals surface area contributed by atoms with Crippen LogP contribution in [0.2, 0.25) is 0 Å². The Kier molecular flexibility index (Phi) is 3.86. The van der Waals surface area contributed by atoms with Crippen molar-refractivity contribution in [1.82, 2.24) is 9.78 Å². The molecule has 0 bridgehead atoms.